The van der Waals surface area contributed by atoms with Crippen molar-refractivity contribution in [3.63, 3.8) is 0 Å². The number of nitrogens with one attached hydrogen (secondary N) is 2. The Labute approximate surface area is 126 Å². The minimum Gasteiger partial charge on any atom is -0.508 e. The van der Waals surface area contributed by atoms with Crippen LogP contribution in [0.5, 0.6) is 5.75 Å². The summed E-state index contributed by atoms with van der Waals surface area (Å²) in [6.07, 6.45) is 1.95. The molecule has 21 heavy (non-hydrogen) atoms. The summed E-state index contributed by atoms with van der Waals surface area (Å²) in [5.41, 5.74) is 5.09. The first-order valence-electron chi connectivity index (χ1n) is 6.56. The Kier molecular flexibility index (Phi) is 5.34. The summed E-state index contributed by atoms with van der Waals surface area (Å²) in [5.74, 6) is -0.551. The van der Waals surface area contributed by atoms with Crippen LogP contribution in [0.15, 0.2) is 41.8 Å². The zero-order valence-corrected chi connectivity index (χ0v) is 12.2. The zero-order chi connectivity index (χ0) is 15.1. The third-order valence-corrected chi connectivity index (χ3v) is 3.79. The molecule has 110 valence electrons. The van der Waals surface area contributed by atoms with Gasteiger partial charge in [0.15, 0.2) is 0 Å². The monoisotopic (exact) mass is 304 g/mol. The van der Waals surface area contributed by atoms with E-state index in [2.05, 4.69) is 10.9 Å². The summed E-state index contributed by atoms with van der Waals surface area (Å²) < 4.78 is 0. The van der Waals surface area contributed by atoms with Gasteiger partial charge in [-0.05, 0) is 48.6 Å². The maximum absolute atomic E-state index is 11.7. The predicted octanol–water partition coefficient (Wildman–Crippen LogP) is 2.24. The van der Waals surface area contributed by atoms with E-state index in [4.69, 9.17) is 5.11 Å². The number of rotatable bonds is 5. The fraction of sp³-hybridized carbons (Fsp3) is 0.200. The highest BCUT2D eigenvalue weighted by Crippen LogP contribution is 2.12. The van der Waals surface area contributed by atoms with Gasteiger partial charge >= 0.3 is 0 Å². The number of aryl methyl sites for hydroxylation is 1. The van der Waals surface area contributed by atoms with Crippen molar-refractivity contribution >= 4 is 23.2 Å². The second-order valence-corrected chi connectivity index (χ2v) is 5.51. The van der Waals surface area contributed by atoms with Gasteiger partial charge in [0.05, 0.1) is 0 Å². The van der Waals surface area contributed by atoms with E-state index >= 15 is 0 Å². The Morgan fingerprint density at radius 3 is 2.52 bits per heavy atom. The number of aromatic hydroxyl groups is 1. The summed E-state index contributed by atoms with van der Waals surface area (Å²) in [6.45, 7) is 0. The van der Waals surface area contributed by atoms with Crippen LogP contribution in [0, 0.1) is 0 Å². The second kappa shape index (κ2) is 7.44. The van der Waals surface area contributed by atoms with Crippen LogP contribution in [0.1, 0.15) is 28.1 Å². The number of thiophene rings is 1. The minimum absolute atomic E-state index is 0.0872. The lowest BCUT2D eigenvalue weighted by atomic mass is 10.2. The highest BCUT2D eigenvalue weighted by molar-refractivity contribution is 7.09. The van der Waals surface area contributed by atoms with Gasteiger partial charge in [0.2, 0.25) is 5.91 Å². The van der Waals surface area contributed by atoms with Crippen molar-refractivity contribution in [2.75, 3.05) is 0 Å². The molecule has 0 saturated carbocycles. The van der Waals surface area contributed by atoms with Crippen molar-refractivity contribution in [2.24, 2.45) is 0 Å². The van der Waals surface area contributed by atoms with Crippen LogP contribution < -0.4 is 10.9 Å². The fourth-order valence-electron chi connectivity index (χ4n) is 1.75. The number of hydrazine groups is 1. The Morgan fingerprint density at radius 2 is 1.86 bits per heavy atom. The molecule has 0 saturated heterocycles. The number of phenolic OH excluding ortho intramolecular Hbond substituents is 1. The summed E-state index contributed by atoms with van der Waals surface area (Å²) in [7, 11) is 0. The van der Waals surface area contributed by atoms with E-state index < -0.39 is 5.91 Å². The van der Waals surface area contributed by atoms with Crippen LogP contribution in [-0.4, -0.2) is 16.9 Å². The number of hydrogen-bond acceptors (Lipinski definition) is 4. The van der Waals surface area contributed by atoms with Crippen molar-refractivity contribution in [3.05, 3.63) is 52.2 Å². The number of hydrogen-bond donors (Lipinski definition) is 3. The van der Waals surface area contributed by atoms with Crippen LogP contribution in [-0.2, 0) is 11.2 Å². The lowest BCUT2D eigenvalue weighted by Gasteiger charge is -2.07. The first-order chi connectivity index (χ1) is 10.1. The topological polar surface area (TPSA) is 78.4 Å². The number of phenols is 1. The highest BCUT2D eigenvalue weighted by Gasteiger charge is 2.07. The lowest BCUT2D eigenvalue weighted by Crippen LogP contribution is -2.41. The first-order valence-corrected chi connectivity index (χ1v) is 7.44. The molecule has 0 bridgehead atoms. The molecular weight excluding hydrogens is 288 g/mol. The van der Waals surface area contributed by atoms with Crippen LogP contribution >= 0.6 is 11.3 Å². The Bertz CT molecular complexity index is 594. The van der Waals surface area contributed by atoms with Gasteiger partial charge in [0.1, 0.15) is 5.75 Å². The van der Waals surface area contributed by atoms with Crippen molar-refractivity contribution in [3.8, 4) is 5.75 Å². The fourth-order valence-corrected chi connectivity index (χ4v) is 2.50. The standard InChI is InChI=1S/C15H16N2O3S/c18-12-8-6-11(7-9-12)15(20)17-16-14(19)5-1-3-13-4-2-10-21-13/h2,4,6-10,18H,1,3,5H2,(H,16,19)(H,17,20). The molecule has 0 aliphatic rings. The van der Waals surface area contributed by atoms with E-state index in [9.17, 15) is 9.59 Å². The summed E-state index contributed by atoms with van der Waals surface area (Å²) >= 11 is 1.67. The van der Waals surface area contributed by atoms with Gasteiger partial charge in [-0.2, -0.15) is 0 Å². The molecule has 0 atom stereocenters. The van der Waals surface area contributed by atoms with E-state index in [1.807, 2.05) is 17.5 Å². The van der Waals surface area contributed by atoms with Gasteiger partial charge in [-0.1, -0.05) is 6.07 Å². The molecule has 2 rings (SSSR count). The van der Waals surface area contributed by atoms with Crippen LogP contribution in [0.4, 0.5) is 0 Å². The molecule has 0 aliphatic carbocycles. The predicted molar refractivity (Wildman–Crippen MR) is 81.0 cm³/mol. The molecular formula is C15H16N2O3S. The van der Waals surface area contributed by atoms with Gasteiger partial charge in [-0.3, -0.25) is 20.4 Å². The SMILES string of the molecule is O=C(CCCc1cccs1)NNC(=O)c1ccc(O)cc1. The molecule has 1 heterocycles. The lowest BCUT2D eigenvalue weighted by molar-refractivity contribution is -0.121. The average molecular weight is 304 g/mol. The van der Waals surface area contributed by atoms with Crippen molar-refractivity contribution < 1.29 is 14.7 Å². The average Bonchev–Trinajstić information content (AvgIpc) is 2.99. The van der Waals surface area contributed by atoms with Gasteiger partial charge in [0.25, 0.3) is 5.91 Å². The largest absolute Gasteiger partial charge is 0.508 e. The Balaban J connectivity index is 1.68. The summed E-state index contributed by atoms with van der Waals surface area (Å²) in [6, 6.07) is 9.81. The number of carbonyl (C=O) groups excluding carboxylic acids is 2. The van der Waals surface area contributed by atoms with E-state index in [0.717, 1.165) is 12.8 Å². The molecule has 0 fully saturated rings. The van der Waals surface area contributed by atoms with Gasteiger partial charge < -0.3 is 5.11 Å². The molecule has 2 amide bonds. The summed E-state index contributed by atoms with van der Waals surface area (Å²) in [4.78, 5) is 24.6. The quantitative estimate of drug-likeness (QED) is 0.741. The molecule has 0 aliphatic heterocycles. The van der Waals surface area contributed by atoms with Crippen LogP contribution in [0.25, 0.3) is 0 Å². The zero-order valence-electron chi connectivity index (χ0n) is 11.3. The van der Waals surface area contributed by atoms with Crippen molar-refractivity contribution in [2.45, 2.75) is 19.3 Å². The third kappa shape index (κ3) is 4.92. The first kappa shape index (κ1) is 15.1. The van der Waals surface area contributed by atoms with Crippen LogP contribution in [0.3, 0.4) is 0 Å². The van der Waals surface area contributed by atoms with E-state index in [1.165, 1.54) is 29.1 Å². The molecule has 2 aromatic rings. The maximum atomic E-state index is 11.7. The molecule has 1 aromatic carbocycles. The number of amides is 2. The molecule has 3 N–H and O–H groups in total. The molecule has 5 nitrogen and oxygen atoms in total. The molecule has 0 radical (unpaired) electrons. The van der Waals surface area contributed by atoms with E-state index in [-0.39, 0.29) is 11.7 Å². The number of carbonyl (C=O) groups is 2. The molecule has 6 heteroatoms. The van der Waals surface area contributed by atoms with Crippen molar-refractivity contribution in [1.29, 1.82) is 0 Å². The molecule has 0 unspecified atom stereocenters. The summed E-state index contributed by atoms with van der Waals surface area (Å²) in [5, 5.41) is 11.1. The normalized spacial score (nSPS) is 10.1. The van der Waals surface area contributed by atoms with Gasteiger partial charge in [0, 0.05) is 16.9 Å². The van der Waals surface area contributed by atoms with E-state index in [1.54, 1.807) is 11.3 Å². The smallest absolute Gasteiger partial charge is 0.269 e. The third-order valence-electron chi connectivity index (χ3n) is 2.85. The Morgan fingerprint density at radius 1 is 1.10 bits per heavy atom. The van der Waals surface area contributed by atoms with Crippen LogP contribution in [0.2, 0.25) is 0 Å². The maximum Gasteiger partial charge on any atom is 0.269 e. The highest BCUT2D eigenvalue weighted by atomic mass is 32.1. The second-order valence-electron chi connectivity index (χ2n) is 4.48. The number of benzene rings is 1. The molecule has 1 aromatic heterocycles. The minimum atomic E-state index is -0.415. The van der Waals surface area contributed by atoms with Gasteiger partial charge in [-0.25, -0.2) is 0 Å². The van der Waals surface area contributed by atoms with Gasteiger partial charge in [-0.15, -0.1) is 11.3 Å². The van der Waals surface area contributed by atoms with Crippen molar-refractivity contribution in [1.82, 2.24) is 10.9 Å². The van der Waals surface area contributed by atoms with E-state index in [0.29, 0.717) is 12.0 Å². The molecule has 0 spiro atoms. The Hall–Kier alpha value is -2.34.